The summed E-state index contributed by atoms with van der Waals surface area (Å²) < 4.78 is 10.8. The third kappa shape index (κ3) is 4.64. The smallest absolute Gasteiger partial charge is 0.407 e. The Morgan fingerprint density at radius 2 is 1.96 bits per heavy atom. The number of anilines is 1. The molecule has 0 aromatic heterocycles. The minimum absolute atomic E-state index is 0.0351. The number of benzene rings is 2. The van der Waals surface area contributed by atoms with E-state index in [2.05, 4.69) is 5.32 Å². The minimum atomic E-state index is -0.817. The van der Waals surface area contributed by atoms with Gasteiger partial charge in [-0.3, -0.25) is 4.79 Å². The van der Waals surface area contributed by atoms with Crippen LogP contribution in [-0.2, 0) is 4.74 Å². The molecule has 0 heterocycles. The summed E-state index contributed by atoms with van der Waals surface area (Å²) in [5.41, 5.74) is 1.51. The number of amides is 1. The Balaban J connectivity index is 2.37. The third-order valence-electron chi connectivity index (χ3n) is 3.93. The normalized spacial score (nSPS) is 11.7. The molecule has 26 heavy (non-hydrogen) atoms. The molecule has 2 N–H and O–H groups in total. The van der Waals surface area contributed by atoms with Crippen molar-refractivity contribution in [3.8, 4) is 5.75 Å². The van der Waals surface area contributed by atoms with E-state index in [4.69, 9.17) is 9.47 Å². The zero-order chi connectivity index (χ0) is 19.3. The molecule has 0 bridgehead atoms. The molecule has 7 nitrogen and oxygen atoms in total. The van der Waals surface area contributed by atoms with Crippen LogP contribution in [0.5, 0.6) is 5.75 Å². The zero-order valence-corrected chi connectivity index (χ0v) is 15.4. The number of alkyl carbamates (subject to hydrolysis) is 1. The van der Waals surface area contributed by atoms with Gasteiger partial charge in [-0.25, -0.2) is 4.79 Å². The molecule has 0 aliphatic carbocycles. The number of nitrogens with one attached hydrogen (secondary N) is 1. The molecule has 0 radical (unpaired) electrons. The van der Waals surface area contributed by atoms with Crippen molar-refractivity contribution in [3.63, 3.8) is 0 Å². The summed E-state index contributed by atoms with van der Waals surface area (Å²) in [4.78, 5) is 25.1. The minimum Gasteiger partial charge on any atom is -0.489 e. The van der Waals surface area contributed by atoms with Gasteiger partial charge in [0.15, 0.2) is 11.9 Å². The van der Waals surface area contributed by atoms with Gasteiger partial charge in [0.1, 0.15) is 12.4 Å². The molecule has 0 aliphatic heterocycles. The third-order valence-corrected chi connectivity index (χ3v) is 3.93. The molecule has 0 saturated carbocycles. The van der Waals surface area contributed by atoms with Crippen molar-refractivity contribution in [2.24, 2.45) is 0 Å². The van der Waals surface area contributed by atoms with Crippen LogP contribution in [0.4, 0.5) is 10.5 Å². The van der Waals surface area contributed by atoms with E-state index in [0.29, 0.717) is 11.3 Å². The second kappa shape index (κ2) is 8.53. The van der Waals surface area contributed by atoms with Crippen LogP contribution < -0.4 is 15.0 Å². The van der Waals surface area contributed by atoms with Gasteiger partial charge in [-0.2, -0.15) is 0 Å². The lowest BCUT2D eigenvalue weighted by molar-refractivity contribution is 0.0301. The molecule has 1 atom stereocenters. The Hall–Kier alpha value is -2.80. The van der Waals surface area contributed by atoms with E-state index < -0.39 is 12.2 Å². The highest BCUT2D eigenvalue weighted by Gasteiger charge is 2.16. The van der Waals surface area contributed by atoms with E-state index in [1.807, 2.05) is 43.3 Å². The number of hydrogen-bond donors (Lipinski definition) is 2. The van der Waals surface area contributed by atoms with Crippen LogP contribution >= 0.6 is 0 Å². The quantitative estimate of drug-likeness (QED) is 0.736. The highest BCUT2D eigenvalue weighted by molar-refractivity contribution is 6.01. The summed E-state index contributed by atoms with van der Waals surface area (Å²) in [6.45, 7) is 1.08. The van der Waals surface area contributed by atoms with Gasteiger partial charge in [-0.1, -0.05) is 6.07 Å². The molecule has 7 heteroatoms. The molecule has 0 aliphatic rings. The van der Waals surface area contributed by atoms with Crippen molar-refractivity contribution in [1.29, 1.82) is 0 Å². The maximum Gasteiger partial charge on any atom is 0.407 e. The second-order valence-electron chi connectivity index (χ2n) is 6.10. The van der Waals surface area contributed by atoms with Gasteiger partial charge in [0.2, 0.25) is 0 Å². The first-order valence-electron chi connectivity index (χ1n) is 8.23. The number of nitrogens with zero attached hydrogens (tertiary/aromatic N) is 1. The number of Topliss-reactive ketones (excluding diaryl/α,β-unsaturated/α-hetero) is 1. The van der Waals surface area contributed by atoms with Crippen molar-refractivity contribution in [3.05, 3.63) is 35.9 Å². The highest BCUT2D eigenvalue weighted by atomic mass is 16.6. The van der Waals surface area contributed by atoms with E-state index in [0.717, 1.165) is 16.5 Å². The molecular weight excluding hydrogens is 336 g/mol. The molecule has 0 unspecified atom stereocenters. The first kappa shape index (κ1) is 19.5. The van der Waals surface area contributed by atoms with Gasteiger partial charge in [0.05, 0.1) is 6.61 Å². The van der Waals surface area contributed by atoms with Crippen LogP contribution in [0.1, 0.15) is 17.3 Å². The van der Waals surface area contributed by atoms with E-state index in [9.17, 15) is 14.7 Å². The number of ketones is 1. The molecule has 1 amide bonds. The fraction of sp³-hybridized carbons (Fsp3) is 0.368. The zero-order valence-electron chi connectivity index (χ0n) is 15.4. The van der Waals surface area contributed by atoms with Gasteiger partial charge in [-0.05, 0) is 36.6 Å². The SMILES string of the molecule is CNC(=O)O[C@@H](CO)COc1cc(C(C)=O)cc2ccc(N(C)C)cc12. The number of hydrogen-bond acceptors (Lipinski definition) is 6. The van der Waals surface area contributed by atoms with Crippen LogP contribution in [0.3, 0.4) is 0 Å². The van der Waals surface area contributed by atoms with Crippen molar-refractivity contribution in [1.82, 2.24) is 5.32 Å². The number of aliphatic hydroxyl groups is 1. The predicted molar refractivity (Wildman–Crippen MR) is 100 cm³/mol. The molecular formula is C19H24N2O5. The average Bonchev–Trinajstić information content (AvgIpc) is 2.63. The lowest BCUT2D eigenvalue weighted by Crippen LogP contribution is -2.32. The summed E-state index contributed by atoms with van der Waals surface area (Å²) in [6, 6.07) is 9.32. The van der Waals surface area contributed by atoms with Gasteiger partial charge in [0.25, 0.3) is 0 Å². The van der Waals surface area contributed by atoms with Gasteiger partial charge in [0, 0.05) is 37.8 Å². The van der Waals surface area contributed by atoms with Crippen molar-refractivity contribution in [2.45, 2.75) is 13.0 Å². The van der Waals surface area contributed by atoms with Crippen LogP contribution in [0.25, 0.3) is 10.8 Å². The lowest BCUT2D eigenvalue weighted by Gasteiger charge is -2.19. The number of carbonyl (C=O) groups excluding carboxylic acids is 2. The summed E-state index contributed by atoms with van der Waals surface area (Å²) in [5, 5.41) is 13.4. The topological polar surface area (TPSA) is 88.1 Å². The summed E-state index contributed by atoms with van der Waals surface area (Å²) >= 11 is 0. The van der Waals surface area contributed by atoms with Crippen molar-refractivity contribution in [2.75, 3.05) is 39.3 Å². The van der Waals surface area contributed by atoms with E-state index in [1.165, 1.54) is 14.0 Å². The largest absolute Gasteiger partial charge is 0.489 e. The Kier molecular flexibility index (Phi) is 6.41. The summed E-state index contributed by atoms with van der Waals surface area (Å²) in [7, 11) is 5.31. The second-order valence-corrected chi connectivity index (χ2v) is 6.10. The fourth-order valence-corrected chi connectivity index (χ4v) is 2.43. The van der Waals surface area contributed by atoms with Crippen LogP contribution in [0, 0.1) is 0 Å². The maximum atomic E-state index is 11.8. The Morgan fingerprint density at radius 1 is 1.23 bits per heavy atom. The number of carbonyl (C=O) groups is 2. The average molecular weight is 360 g/mol. The highest BCUT2D eigenvalue weighted by Crippen LogP contribution is 2.31. The van der Waals surface area contributed by atoms with Crippen LogP contribution in [0.15, 0.2) is 30.3 Å². The number of ether oxygens (including phenoxy) is 2. The van der Waals surface area contributed by atoms with Crippen LogP contribution in [-0.4, -0.2) is 57.4 Å². The summed E-state index contributed by atoms with van der Waals surface area (Å²) in [6.07, 6.45) is -1.46. The number of aliphatic hydroxyl groups excluding tert-OH is 1. The van der Waals surface area contributed by atoms with Gasteiger partial charge < -0.3 is 24.8 Å². The van der Waals surface area contributed by atoms with Crippen molar-refractivity contribution < 1.29 is 24.2 Å². The monoisotopic (exact) mass is 360 g/mol. The number of rotatable bonds is 7. The standard InChI is InChI=1S/C19H24N2O5/c1-12(23)14-7-13-5-6-15(21(3)4)9-17(13)18(8-14)25-11-16(10-22)26-19(24)20-2/h5-9,16,22H,10-11H2,1-4H3,(H,20,24)/t16-/m0/s1. The van der Waals surface area contributed by atoms with Gasteiger partial charge in [-0.15, -0.1) is 0 Å². The molecule has 2 aromatic rings. The Bertz CT molecular complexity index is 804. The Morgan fingerprint density at radius 3 is 2.54 bits per heavy atom. The maximum absolute atomic E-state index is 11.8. The summed E-state index contributed by atoms with van der Waals surface area (Å²) in [5.74, 6) is 0.420. The molecule has 2 aromatic carbocycles. The molecule has 0 saturated heterocycles. The molecule has 2 rings (SSSR count). The molecule has 0 spiro atoms. The predicted octanol–water partition coefficient (Wildman–Crippen LogP) is 2.20. The fourth-order valence-electron chi connectivity index (χ4n) is 2.43. The Labute approximate surface area is 152 Å². The lowest BCUT2D eigenvalue weighted by atomic mass is 10.0. The van der Waals surface area contributed by atoms with E-state index in [1.54, 1.807) is 6.07 Å². The van der Waals surface area contributed by atoms with Crippen LogP contribution in [0.2, 0.25) is 0 Å². The van der Waals surface area contributed by atoms with E-state index >= 15 is 0 Å². The first-order valence-corrected chi connectivity index (χ1v) is 8.23. The number of fused-ring (bicyclic) bond motifs is 1. The molecule has 0 fully saturated rings. The van der Waals surface area contributed by atoms with Gasteiger partial charge >= 0.3 is 6.09 Å². The van der Waals surface area contributed by atoms with Crippen molar-refractivity contribution >= 4 is 28.3 Å². The first-order chi connectivity index (χ1) is 12.3. The van der Waals surface area contributed by atoms with E-state index in [-0.39, 0.29) is 19.0 Å². The molecule has 140 valence electrons.